The minimum Gasteiger partial charge on any atom is -0.462 e. The van der Waals surface area contributed by atoms with Gasteiger partial charge in [-0.15, -0.1) is 0 Å². The molecule has 0 bridgehead atoms. The lowest BCUT2D eigenvalue weighted by Crippen LogP contribution is -2.30. The topological polar surface area (TPSA) is 78.9 Å². The van der Waals surface area contributed by atoms with E-state index in [9.17, 15) is 14.4 Å². The van der Waals surface area contributed by atoms with Crippen LogP contribution in [0.2, 0.25) is 0 Å². The first-order chi connectivity index (χ1) is 30.0. The highest BCUT2D eigenvalue weighted by molar-refractivity contribution is 5.71. The van der Waals surface area contributed by atoms with E-state index in [1.165, 1.54) is 218 Å². The molecule has 0 spiro atoms. The van der Waals surface area contributed by atoms with E-state index in [2.05, 4.69) is 20.8 Å². The molecule has 0 saturated heterocycles. The van der Waals surface area contributed by atoms with Gasteiger partial charge in [-0.05, 0) is 19.3 Å². The minimum atomic E-state index is -0.759. The molecule has 0 aliphatic heterocycles. The fourth-order valence-corrected chi connectivity index (χ4v) is 8.45. The largest absolute Gasteiger partial charge is 0.462 e. The normalized spacial score (nSPS) is 11.9. The number of rotatable bonds is 51. The van der Waals surface area contributed by atoms with Gasteiger partial charge >= 0.3 is 17.9 Å². The van der Waals surface area contributed by atoms with Gasteiger partial charge in [-0.3, -0.25) is 14.4 Å². The summed E-state index contributed by atoms with van der Waals surface area (Å²) in [6, 6.07) is 0. The van der Waals surface area contributed by atoms with Gasteiger partial charge in [0.25, 0.3) is 0 Å². The Morgan fingerprint density at radius 1 is 0.262 bits per heavy atom. The number of hydrogen-bond acceptors (Lipinski definition) is 6. The lowest BCUT2D eigenvalue weighted by Gasteiger charge is -2.18. The predicted molar refractivity (Wildman–Crippen MR) is 261 cm³/mol. The van der Waals surface area contributed by atoms with Crippen molar-refractivity contribution in [2.24, 2.45) is 0 Å². The van der Waals surface area contributed by atoms with Crippen LogP contribution in [0.5, 0.6) is 0 Å². The van der Waals surface area contributed by atoms with Crippen molar-refractivity contribution < 1.29 is 28.6 Å². The van der Waals surface area contributed by atoms with E-state index in [1.807, 2.05) is 0 Å². The number of hydrogen-bond donors (Lipinski definition) is 0. The summed E-state index contributed by atoms with van der Waals surface area (Å²) in [4.78, 5) is 38.0. The molecule has 0 unspecified atom stereocenters. The van der Waals surface area contributed by atoms with E-state index in [4.69, 9.17) is 14.2 Å². The number of esters is 3. The lowest BCUT2D eigenvalue weighted by atomic mass is 10.0. The van der Waals surface area contributed by atoms with E-state index in [1.54, 1.807) is 0 Å². The summed E-state index contributed by atoms with van der Waals surface area (Å²) in [6.45, 7) is 6.68. The summed E-state index contributed by atoms with van der Waals surface area (Å²) in [5.41, 5.74) is 0. The average Bonchev–Trinajstić information content (AvgIpc) is 3.26. The second-order valence-electron chi connectivity index (χ2n) is 18.9. The number of carbonyl (C=O) groups excluding carboxylic acids is 3. The molecule has 0 fully saturated rings. The van der Waals surface area contributed by atoms with Gasteiger partial charge in [-0.2, -0.15) is 0 Å². The first-order valence-electron chi connectivity index (χ1n) is 27.5. The Hall–Kier alpha value is -1.59. The van der Waals surface area contributed by atoms with Crippen LogP contribution in [0.1, 0.15) is 316 Å². The molecule has 0 heterocycles. The standard InChI is InChI=1S/C55H106O6/c1-4-7-10-13-16-19-22-24-26-27-28-30-31-33-36-39-42-45-48-54(57)60-51-52(50-59-53(56)47-44-41-38-35-21-18-15-12-9-6-3)61-55(58)49-46-43-40-37-34-32-29-25-23-20-17-14-11-8-5-2/h52H,4-51H2,1-3H3/t52-/m0/s1. The van der Waals surface area contributed by atoms with Gasteiger partial charge in [0.05, 0.1) is 0 Å². The van der Waals surface area contributed by atoms with E-state index in [0.717, 1.165) is 57.8 Å². The maximum atomic E-state index is 12.8. The molecule has 0 aromatic heterocycles. The third kappa shape index (κ3) is 49.3. The molecule has 0 aromatic carbocycles. The lowest BCUT2D eigenvalue weighted by molar-refractivity contribution is -0.167. The second-order valence-corrected chi connectivity index (χ2v) is 18.9. The first-order valence-corrected chi connectivity index (χ1v) is 27.5. The minimum absolute atomic E-state index is 0.0615. The SMILES string of the molecule is CCCCCCCCCCCCCCCCCCCCC(=O)OC[C@H](COC(=O)CCCCCCCCCCCC)OC(=O)CCCCCCCCCCCCCCCCC. The highest BCUT2D eigenvalue weighted by Gasteiger charge is 2.19. The van der Waals surface area contributed by atoms with Crippen molar-refractivity contribution in [3.8, 4) is 0 Å². The van der Waals surface area contributed by atoms with E-state index >= 15 is 0 Å². The number of ether oxygens (including phenoxy) is 3. The molecule has 0 rings (SSSR count). The molecule has 0 N–H and O–H groups in total. The van der Waals surface area contributed by atoms with Gasteiger partial charge in [-0.1, -0.05) is 278 Å². The fourth-order valence-electron chi connectivity index (χ4n) is 8.45. The molecule has 61 heavy (non-hydrogen) atoms. The second kappa shape index (κ2) is 51.0. The van der Waals surface area contributed by atoms with Crippen molar-refractivity contribution in [1.29, 1.82) is 0 Å². The van der Waals surface area contributed by atoms with Crippen molar-refractivity contribution in [2.75, 3.05) is 13.2 Å². The summed E-state index contributed by atoms with van der Waals surface area (Å²) in [5.74, 6) is -0.838. The molecule has 362 valence electrons. The van der Waals surface area contributed by atoms with E-state index in [0.29, 0.717) is 19.3 Å². The highest BCUT2D eigenvalue weighted by Crippen LogP contribution is 2.17. The summed E-state index contributed by atoms with van der Waals surface area (Å²) in [6.07, 6.45) is 55.2. The Bertz CT molecular complexity index is 905. The van der Waals surface area contributed by atoms with Crippen LogP contribution in [0.25, 0.3) is 0 Å². The number of unbranched alkanes of at least 4 members (excludes halogenated alkanes) is 40. The van der Waals surface area contributed by atoms with Gasteiger partial charge in [0.1, 0.15) is 13.2 Å². The first kappa shape index (κ1) is 59.4. The summed E-state index contributed by atoms with van der Waals surface area (Å²) >= 11 is 0. The van der Waals surface area contributed by atoms with Gasteiger partial charge in [0.15, 0.2) is 6.10 Å². The Morgan fingerprint density at radius 2 is 0.443 bits per heavy atom. The van der Waals surface area contributed by atoms with Crippen LogP contribution in [0.3, 0.4) is 0 Å². The summed E-state index contributed by atoms with van der Waals surface area (Å²) < 4.78 is 16.8. The zero-order valence-electron chi connectivity index (χ0n) is 41.5. The van der Waals surface area contributed by atoms with Crippen LogP contribution in [0, 0.1) is 0 Å². The molecule has 0 saturated carbocycles. The molecule has 0 aliphatic carbocycles. The molecular weight excluding hydrogens is 757 g/mol. The van der Waals surface area contributed by atoms with Crippen LogP contribution >= 0.6 is 0 Å². The van der Waals surface area contributed by atoms with Crippen molar-refractivity contribution in [3.63, 3.8) is 0 Å². The predicted octanol–water partition coefficient (Wildman–Crippen LogP) is 18.0. The smallest absolute Gasteiger partial charge is 0.306 e. The van der Waals surface area contributed by atoms with Gasteiger partial charge < -0.3 is 14.2 Å². The van der Waals surface area contributed by atoms with Crippen molar-refractivity contribution in [3.05, 3.63) is 0 Å². The monoisotopic (exact) mass is 863 g/mol. The molecule has 6 heteroatoms. The molecule has 1 atom stereocenters. The Labute approximate surface area is 380 Å². The zero-order chi connectivity index (χ0) is 44.4. The van der Waals surface area contributed by atoms with Crippen LogP contribution < -0.4 is 0 Å². The Balaban J connectivity index is 4.24. The molecule has 6 nitrogen and oxygen atoms in total. The Morgan fingerprint density at radius 3 is 0.656 bits per heavy atom. The summed E-state index contributed by atoms with van der Waals surface area (Å²) in [7, 11) is 0. The molecular formula is C55H106O6. The highest BCUT2D eigenvalue weighted by atomic mass is 16.6. The average molecular weight is 863 g/mol. The molecule has 0 aromatic rings. The Kier molecular flexibility index (Phi) is 49.7. The van der Waals surface area contributed by atoms with Gasteiger partial charge in [-0.25, -0.2) is 0 Å². The molecule has 0 amide bonds. The van der Waals surface area contributed by atoms with Crippen LogP contribution in [0.15, 0.2) is 0 Å². The molecule has 0 aliphatic rings. The fraction of sp³-hybridized carbons (Fsp3) is 0.945. The quantitative estimate of drug-likeness (QED) is 0.0344. The maximum Gasteiger partial charge on any atom is 0.306 e. The van der Waals surface area contributed by atoms with Crippen molar-refractivity contribution in [2.45, 2.75) is 322 Å². The van der Waals surface area contributed by atoms with Gasteiger partial charge in [0.2, 0.25) is 0 Å². The van der Waals surface area contributed by atoms with E-state index in [-0.39, 0.29) is 31.1 Å². The van der Waals surface area contributed by atoms with Crippen molar-refractivity contribution in [1.82, 2.24) is 0 Å². The van der Waals surface area contributed by atoms with Crippen LogP contribution in [-0.2, 0) is 28.6 Å². The third-order valence-corrected chi connectivity index (χ3v) is 12.6. The van der Waals surface area contributed by atoms with E-state index < -0.39 is 6.10 Å². The van der Waals surface area contributed by atoms with Crippen molar-refractivity contribution >= 4 is 17.9 Å². The third-order valence-electron chi connectivity index (χ3n) is 12.6. The van der Waals surface area contributed by atoms with Crippen LogP contribution in [0.4, 0.5) is 0 Å². The maximum absolute atomic E-state index is 12.8. The zero-order valence-corrected chi connectivity index (χ0v) is 41.5. The molecule has 0 radical (unpaired) electrons. The van der Waals surface area contributed by atoms with Crippen LogP contribution in [-0.4, -0.2) is 37.2 Å². The number of carbonyl (C=O) groups is 3. The summed E-state index contributed by atoms with van der Waals surface area (Å²) in [5, 5.41) is 0. The van der Waals surface area contributed by atoms with Gasteiger partial charge in [0, 0.05) is 19.3 Å².